The lowest BCUT2D eigenvalue weighted by atomic mass is 9.92. The monoisotopic (exact) mass is 813 g/mol. The fourth-order valence-corrected chi connectivity index (χ4v) is 10.0. The molecule has 1 aromatic heterocycles. The Morgan fingerprint density at radius 3 is 1.66 bits per heavy atom. The van der Waals surface area contributed by atoms with Gasteiger partial charge in [-0.15, -0.1) is 0 Å². The van der Waals surface area contributed by atoms with Crippen molar-refractivity contribution in [3.8, 4) is 33.4 Å². The van der Waals surface area contributed by atoms with Gasteiger partial charge in [-0.05, 0) is 149 Å². The Bertz CT molecular complexity index is 3970. The average Bonchev–Trinajstić information content (AvgIpc) is 3.75. The second kappa shape index (κ2) is 14.6. The van der Waals surface area contributed by atoms with Gasteiger partial charge in [-0.3, -0.25) is 0 Å². The molecule has 0 saturated carbocycles. The lowest BCUT2D eigenvalue weighted by molar-refractivity contribution is 0.672. The molecule has 2 nitrogen and oxygen atoms in total. The van der Waals surface area contributed by atoms with Crippen LogP contribution in [0, 0.1) is 0 Å². The Kier molecular flexibility index (Phi) is 8.25. The molecule has 0 N–H and O–H groups in total. The molecule has 0 fully saturated rings. The number of hydrogen-bond acceptors (Lipinski definition) is 2. The van der Waals surface area contributed by atoms with E-state index < -0.39 is 0 Å². The molecule has 13 rings (SSSR count). The fourth-order valence-electron chi connectivity index (χ4n) is 10.0. The van der Waals surface area contributed by atoms with Gasteiger partial charge in [0.15, 0.2) is 0 Å². The molecule has 13 aromatic rings. The molecule has 0 unspecified atom stereocenters. The number of benzene rings is 12. The van der Waals surface area contributed by atoms with E-state index in [1.807, 2.05) is 0 Å². The summed E-state index contributed by atoms with van der Waals surface area (Å²) >= 11 is 0. The first-order chi connectivity index (χ1) is 31.7. The summed E-state index contributed by atoms with van der Waals surface area (Å²) in [6.07, 6.45) is 0. The second-order valence-electron chi connectivity index (χ2n) is 16.9. The largest absolute Gasteiger partial charge is 0.455 e. The minimum absolute atomic E-state index is 0.874. The van der Waals surface area contributed by atoms with Gasteiger partial charge in [-0.1, -0.05) is 170 Å². The molecular weight excluding hydrogens is 775 g/mol. The Labute approximate surface area is 370 Å². The number of anilines is 3. The van der Waals surface area contributed by atoms with Gasteiger partial charge < -0.3 is 9.32 Å². The first-order valence-corrected chi connectivity index (χ1v) is 22.0. The highest BCUT2D eigenvalue weighted by molar-refractivity contribution is 6.16. The average molecular weight is 814 g/mol. The maximum absolute atomic E-state index is 6.62. The Hall–Kier alpha value is -8.46. The molecule has 0 aliphatic heterocycles. The normalized spacial score (nSPS) is 11.8. The minimum atomic E-state index is 0.874. The number of rotatable bonds is 6. The second-order valence-corrected chi connectivity index (χ2v) is 16.9. The lowest BCUT2D eigenvalue weighted by Crippen LogP contribution is -2.10. The Morgan fingerprint density at radius 2 is 0.812 bits per heavy atom. The van der Waals surface area contributed by atoms with Crippen LogP contribution in [0.25, 0.3) is 109 Å². The van der Waals surface area contributed by atoms with E-state index in [2.05, 4.69) is 241 Å². The number of fused-ring (bicyclic) bond motifs is 10. The van der Waals surface area contributed by atoms with Crippen LogP contribution in [-0.2, 0) is 0 Å². The van der Waals surface area contributed by atoms with Gasteiger partial charge in [0.2, 0.25) is 0 Å². The van der Waals surface area contributed by atoms with Gasteiger partial charge in [0.1, 0.15) is 11.2 Å². The van der Waals surface area contributed by atoms with E-state index in [1.165, 1.54) is 81.9 Å². The molecule has 0 radical (unpaired) electrons. The van der Waals surface area contributed by atoms with Crippen LogP contribution in [0.2, 0.25) is 0 Å². The summed E-state index contributed by atoms with van der Waals surface area (Å²) in [5.74, 6) is 0. The van der Waals surface area contributed by atoms with Gasteiger partial charge in [0.05, 0.1) is 0 Å². The van der Waals surface area contributed by atoms with E-state index in [9.17, 15) is 0 Å². The summed E-state index contributed by atoms with van der Waals surface area (Å²) in [6.45, 7) is 0. The summed E-state index contributed by atoms with van der Waals surface area (Å²) in [5, 5.41) is 14.4. The molecule has 0 aliphatic rings. The van der Waals surface area contributed by atoms with E-state index in [0.29, 0.717) is 0 Å². The van der Waals surface area contributed by atoms with Crippen LogP contribution >= 0.6 is 0 Å². The van der Waals surface area contributed by atoms with Gasteiger partial charge in [-0.25, -0.2) is 0 Å². The highest BCUT2D eigenvalue weighted by Gasteiger charge is 2.20. The smallest absolute Gasteiger partial charge is 0.143 e. The maximum atomic E-state index is 6.62. The molecule has 0 atom stereocenters. The maximum Gasteiger partial charge on any atom is 0.143 e. The minimum Gasteiger partial charge on any atom is -0.455 e. The van der Waals surface area contributed by atoms with Crippen molar-refractivity contribution in [1.82, 2.24) is 0 Å². The van der Waals surface area contributed by atoms with Gasteiger partial charge in [-0.2, -0.15) is 0 Å². The third-order valence-electron chi connectivity index (χ3n) is 13.2. The molecule has 0 aliphatic carbocycles. The highest BCUT2D eigenvalue weighted by Crippen LogP contribution is 2.45. The Balaban J connectivity index is 1.00. The number of nitrogens with zero attached hydrogens (tertiary/aromatic N) is 1. The van der Waals surface area contributed by atoms with Crippen LogP contribution in [-0.4, -0.2) is 0 Å². The zero-order valence-electron chi connectivity index (χ0n) is 34.9. The molecule has 298 valence electrons. The summed E-state index contributed by atoms with van der Waals surface area (Å²) in [7, 11) is 0. The standard InChI is InChI=1S/C62H39NO/c1-2-13-41(14-3-1)59-38-50(29-32-53(59)47-24-22-40-12-4-5-16-43(40)34-47)63(51-30-33-61-60(39-51)57-31-27-42-15-6-9-19-54(42)62(57)64-61)49-28-26-44-35-48(25-23-45(44)36-49)58-37-46-17-7-8-18-52(46)55-20-10-11-21-56(55)58/h1-39H. The van der Waals surface area contributed by atoms with Crippen molar-refractivity contribution in [3.05, 3.63) is 237 Å². The van der Waals surface area contributed by atoms with Crippen molar-refractivity contribution in [2.45, 2.75) is 0 Å². The summed E-state index contributed by atoms with van der Waals surface area (Å²) in [6, 6.07) is 86.2. The fraction of sp³-hybridized carbons (Fsp3) is 0. The molecule has 12 aromatic carbocycles. The lowest BCUT2D eigenvalue weighted by Gasteiger charge is -2.27. The summed E-state index contributed by atoms with van der Waals surface area (Å²) in [5.41, 5.74) is 12.2. The van der Waals surface area contributed by atoms with E-state index >= 15 is 0 Å². The van der Waals surface area contributed by atoms with Crippen LogP contribution in [0.3, 0.4) is 0 Å². The first-order valence-electron chi connectivity index (χ1n) is 22.0. The number of furan rings is 1. The van der Waals surface area contributed by atoms with Gasteiger partial charge in [0, 0.05) is 33.2 Å². The number of hydrogen-bond donors (Lipinski definition) is 0. The molecule has 1 heterocycles. The van der Waals surface area contributed by atoms with Crippen molar-refractivity contribution in [2.75, 3.05) is 4.90 Å². The van der Waals surface area contributed by atoms with E-state index in [1.54, 1.807) is 0 Å². The quantitative estimate of drug-likeness (QED) is 0.156. The van der Waals surface area contributed by atoms with Crippen LogP contribution in [0.5, 0.6) is 0 Å². The van der Waals surface area contributed by atoms with Crippen molar-refractivity contribution in [2.24, 2.45) is 0 Å². The molecule has 0 bridgehead atoms. The molecular formula is C62H39NO. The third kappa shape index (κ3) is 5.95. The first kappa shape index (κ1) is 36.2. The molecule has 0 spiro atoms. The molecule has 0 amide bonds. The predicted molar refractivity (Wildman–Crippen MR) is 272 cm³/mol. The zero-order valence-corrected chi connectivity index (χ0v) is 34.9. The van der Waals surface area contributed by atoms with Crippen molar-refractivity contribution >= 4 is 92.9 Å². The van der Waals surface area contributed by atoms with Gasteiger partial charge in [0.25, 0.3) is 0 Å². The van der Waals surface area contributed by atoms with Crippen molar-refractivity contribution in [3.63, 3.8) is 0 Å². The summed E-state index contributed by atoms with van der Waals surface area (Å²) < 4.78 is 6.62. The SMILES string of the molecule is c1ccc(-c2cc(N(c3ccc4cc(-c5cc6ccccc6c6ccccc56)ccc4c3)c3ccc4oc5c6ccccc6ccc5c4c3)ccc2-c2ccc3ccccc3c2)cc1. The van der Waals surface area contributed by atoms with Crippen LogP contribution < -0.4 is 4.90 Å². The Morgan fingerprint density at radius 1 is 0.250 bits per heavy atom. The van der Waals surface area contributed by atoms with Crippen molar-refractivity contribution < 1.29 is 4.42 Å². The predicted octanol–water partition coefficient (Wildman–Crippen LogP) is 17.8. The third-order valence-corrected chi connectivity index (χ3v) is 13.2. The van der Waals surface area contributed by atoms with Gasteiger partial charge >= 0.3 is 0 Å². The van der Waals surface area contributed by atoms with E-state index in [-0.39, 0.29) is 0 Å². The van der Waals surface area contributed by atoms with Crippen LogP contribution in [0.15, 0.2) is 241 Å². The van der Waals surface area contributed by atoms with Crippen molar-refractivity contribution in [1.29, 1.82) is 0 Å². The molecule has 0 saturated heterocycles. The van der Waals surface area contributed by atoms with Crippen LogP contribution in [0.4, 0.5) is 17.1 Å². The topological polar surface area (TPSA) is 16.4 Å². The van der Waals surface area contributed by atoms with Crippen LogP contribution in [0.1, 0.15) is 0 Å². The summed E-state index contributed by atoms with van der Waals surface area (Å²) in [4.78, 5) is 2.40. The highest BCUT2D eigenvalue weighted by atomic mass is 16.3. The zero-order chi connectivity index (χ0) is 42.1. The van der Waals surface area contributed by atoms with E-state index in [4.69, 9.17) is 4.42 Å². The molecule has 2 heteroatoms. The molecule has 64 heavy (non-hydrogen) atoms. The van der Waals surface area contributed by atoms with E-state index in [0.717, 1.165) is 44.4 Å².